The highest BCUT2D eigenvalue weighted by molar-refractivity contribution is 5.50. The minimum atomic E-state index is -0.128. The van der Waals surface area contributed by atoms with E-state index in [0.29, 0.717) is 19.7 Å². The number of aliphatic hydroxyl groups excluding tert-OH is 1. The van der Waals surface area contributed by atoms with Crippen molar-refractivity contribution in [1.82, 2.24) is 4.98 Å². The van der Waals surface area contributed by atoms with Gasteiger partial charge in [0.1, 0.15) is 5.82 Å². The summed E-state index contributed by atoms with van der Waals surface area (Å²) < 4.78 is 5.43. The topological polar surface area (TPSA) is 71.6 Å². The average Bonchev–Trinajstić information content (AvgIpc) is 2.38. The Morgan fingerprint density at radius 1 is 1.65 bits per heavy atom. The highest BCUT2D eigenvalue weighted by Crippen LogP contribution is 2.22. The highest BCUT2D eigenvalue weighted by atomic mass is 16.5. The van der Waals surface area contributed by atoms with E-state index in [1.165, 1.54) is 0 Å². The van der Waals surface area contributed by atoms with Crippen molar-refractivity contribution in [3.63, 3.8) is 0 Å². The first-order valence-corrected chi connectivity index (χ1v) is 5.88. The number of nitrogens with zero attached hydrogens (tertiary/aromatic N) is 2. The van der Waals surface area contributed by atoms with Gasteiger partial charge < -0.3 is 20.5 Å². The zero-order chi connectivity index (χ0) is 12.3. The number of hydrogen-bond donors (Lipinski definition) is 2. The summed E-state index contributed by atoms with van der Waals surface area (Å²) in [6, 6.07) is 1.97. The van der Waals surface area contributed by atoms with Crippen molar-refractivity contribution in [3.8, 4) is 0 Å². The summed E-state index contributed by atoms with van der Waals surface area (Å²) in [5.74, 6) is 0.925. The van der Waals surface area contributed by atoms with Crippen LogP contribution in [0.4, 0.5) is 5.82 Å². The Bertz CT molecular complexity index is 384. The highest BCUT2D eigenvalue weighted by Gasteiger charge is 2.22. The normalized spacial score (nSPS) is 20.6. The molecule has 1 saturated heterocycles. The summed E-state index contributed by atoms with van der Waals surface area (Å²) in [5, 5.41) is 9.14. The van der Waals surface area contributed by atoms with Gasteiger partial charge in [-0.15, -0.1) is 0 Å². The molecule has 1 aromatic heterocycles. The van der Waals surface area contributed by atoms with Gasteiger partial charge in [0.25, 0.3) is 0 Å². The lowest BCUT2D eigenvalue weighted by Crippen LogP contribution is -2.45. The molecule has 0 radical (unpaired) electrons. The van der Waals surface area contributed by atoms with Gasteiger partial charge in [-0.25, -0.2) is 4.98 Å². The fourth-order valence-corrected chi connectivity index (χ4v) is 2.12. The lowest BCUT2D eigenvalue weighted by Gasteiger charge is -2.34. The number of nitrogens with two attached hydrogens (primary N) is 1. The van der Waals surface area contributed by atoms with Gasteiger partial charge in [-0.05, 0) is 18.6 Å². The van der Waals surface area contributed by atoms with Gasteiger partial charge in [0.05, 0.1) is 19.3 Å². The number of pyridine rings is 1. The molecule has 0 aromatic carbocycles. The number of hydrogen-bond acceptors (Lipinski definition) is 5. The molecule has 1 aliphatic heterocycles. The van der Waals surface area contributed by atoms with Crippen molar-refractivity contribution in [2.45, 2.75) is 19.6 Å². The molecule has 0 spiro atoms. The maximum atomic E-state index is 9.14. The monoisotopic (exact) mass is 237 g/mol. The molecule has 0 aliphatic carbocycles. The summed E-state index contributed by atoms with van der Waals surface area (Å²) in [6.45, 7) is 4.64. The predicted molar refractivity (Wildman–Crippen MR) is 65.9 cm³/mol. The Labute approximate surface area is 101 Å². The molecular formula is C12H19N3O2. The Balaban J connectivity index is 2.24. The van der Waals surface area contributed by atoms with Crippen molar-refractivity contribution >= 4 is 5.82 Å². The standard InChI is InChI=1S/C12H19N3O2/c1-9-2-3-14-12(11(9)6-13)15-4-5-17-10(7-15)8-16/h2-3,10,16H,4-8,13H2,1H3. The molecule has 1 aliphatic rings. The van der Waals surface area contributed by atoms with Crippen molar-refractivity contribution in [2.24, 2.45) is 5.73 Å². The Morgan fingerprint density at radius 3 is 3.18 bits per heavy atom. The van der Waals surface area contributed by atoms with E-state index in [-0.39, 0.29) is 12.7 Å². The second-order valence-corrected chi connectivity index (χ2v) is 4.26. The maximum absolute atomic E-state index is 9.14. The Hall–Kier alpha value is -1.17. The SMILES string of the molecule is Cc1ccnc(N2CCOC(CO)C2)c1CN. The molecule has 17 heavy (non-hydrogen) atoms. The summed E-state index contributed by atoms with van der Waals surface area (Å²) in [7, 11) is 0. The van der Waals surface area contributed by atoms with Crippen LogP contribution in [0.2, 0.25) is 0 Å². The van der Waals surface area contributed by atoms with Gasteiger partial charge in [-0.2, -0.15) is 0 Å². The van der Waals surface area contributed by atoms with Crippen LogP contribution in [0.25, 0.3) is 0 Å². The van der Waals surface area contributed by atoms with Crippen LogP contribution in [0.15, 0.2) is 12.3 Å². The number of rotatable bonds is 3. The molecule has 1 atom stereocenters. The third-order valence-corrected chi connectivity index (χ3v) is 3.11. The lowest BCUT2D eigenvalue weighted by molar-refractivity contribution is 0.00331. The third-order valence-electron chi connectivity index (χ3n) is 3.11. The molecular weight excluding hydrogens is 218 g/mol. The fraction of sp³-hybridized carbons (Fsp3) is 0.583. The predicted octanol–water partition coefficient (Wildman–Crippen LogP) is 0.0462. The van der Waals surface area contributed by atoms with E-state index < -0.39 is 0 Å². The molecule has 5 nitrogen and oxygen atoms in total. The van der Waals surface area contributed by atoms with Gasteiger partial charge in [0.15, 0.2) is 0 Å². The van der Waals surface area contributed by atoms with E-state index in [1.807, 2.05) is 13.0 Å². The summed E-state index contributed by atoms with van der Waals surface area (Å²) in [5.41, 5.74) is 8.01. The molecule has 0 saturated carbocycles. The molecule has 94 valence electrons. The molecule has 2 heterocycles. The smallest absolute Gasteiger partial charge is 0.133 e. The molecule has 1 fully saturated rings. The van der Waals surface area contributed by atoms with Crippen LogP contribution < -0.4 is 10.6 Å². The minimum Gasteiger partial charge on any atom is -0.394 e. The number of aliphatic hydroxyl groups is 1. The van der Waals surface area contributed by atoms with Crippen LogP contribution in [0.1, 0.15) is 11.1 Å². The fourth-order valence-electron chi connectivity index (χ4n) is 2.12. The van der Waals surface area contributed by atoms with Crippen molar-refractivity contribution in [2.75, 3.05) is 31.2 Å². The summed E-state index contributed by atoms with van der Waals surface area (Å²) in [4.78, 5) is 6.55. The summed E-state index contributed by atoms with van der Waals surface area (Å²) >= 11 is 0. The van der Waals surface area contributed by atoms with Crippen LogP contribution >= 0.6 is 0 Å². The number of anilines is 1. The molecule has 1 unspecified atom stereocenters. The second-order valence-electron chi connectivity index (χ2n) is 4.26. The molecule has 1 aromatic rings. The van der Waals surface area contributed by atoms with Gasteiger partial charge in [-0.1, -0.05) is 0 Å². The van der Waals surface area contributed by atoms with E-state index in [4.69, 9.17) is 15.6 Å². The van der Waals surface area contributed by atoms with Crippen LogP contribution in [0.5, 0.6) is 0 Å². The molecule has 5 heteroatoms. The number of morpholine rings is 1. The molecule has 0 bridgehead atoms. The maximum Gasteiger partial charge on any atom is 0.133 e. The number of aryl methyl sites for hydroxylation is 1. The zero-order valence-electron chi connectivity index (χ0n) is 10.1. The number of ether oxygens (including phenoxy) is 1. The van der Waals surface area contributed by atoms with E-state index >= 15 is 0 Å². The molecule has 2 rings (SSSR count). The van der Waals surface area contributed by atoms with Crippen LogP contribution in [-0.4, -0.2) is 42.5 Å². The van der Waals surface area contributed by atoms with Crippen LogP contribution in [-0.2, 0) is 11.3 Å². The van der Waals surface area contributed by atoms with E-state index in [1.54, 1.807) is 6.20 Å². The Kier molecular flexibility index (Phi) is 3.93. The van der Waals surface area contributed by atoms with Gasteiger partial charge >= 0.3 is 0 Å². The minimum absolute atomic E-state index is 0.0419. The van der Waals surface area contributed by atoms with Gasteiger partial charge in [-0.3, -0.25) is 0 Å². The van der Waals surface area contributed by atoms with Gasteiger partial charge in [0.2, 0.25) is 0 Å². The second kappa shape index (κ2) is 5.44. The van der Waals surface area contributed by atoms with E-state index in [0.717, 1.165) is 23.5 Å². The van der Waals surface area contributed by atoms with Crippen molar-refractivity contribution in [3.05, 3.63) is 23.4 Å². The average molecular weight is 237 g/mol. The molecule has 0 amide bonds. The van der Waals surface area contributed by atoms with Crippen molar-refractivity contribution in [1.29, 1.82) is 0 Å². The quantitative estimate of drug-likeness (QED) is 0.777. The number of aromatic nitrogens is 1. The largest absolute Gasteiger partial charge is 0.394 e. The van der Waals surface area contributed by atoms with Crippen molar-refractivity contribution < 1.29 is 9.84 Å². The third kappa shape index (κ3) is 2.57. The van der Waals surface area contributed by atoms with Crippen LogP contribution in [0, 0.1) is 6.92 Å². The van der Waals surface area contributed by atoms with E-state index in [2.05, 4.69) is 9.88 Å². The first-order chi connectivity index (χ1) is 8.26. The lowest BCUT2D eigenvalue weighted by atomic mass is 10.1. The van der Waals surface area contributed by atoms with E-state index in [9.17, 15) is 0 Å². The van der Waals surface area contributed by atoms with Crippen LogP contribution in [0.3, 0.4) is 0 Å². The molecule has 3 N–H and O–H groups in total. The zero-order valence-corrected chi connectivity index (χ0v) is 10.1. The van der Waals surface area contributed by atoms with Gasteiger partial charge in [0, 0.05) is 31.4 Å². The first-order valence-electron chi connectivity index (χ1n) is 5.88. The Morgan fingerprint density at radius 2 is 2.47 bits per heavy atom. The first kappa shape index (κ1) is 12.3. The summed E-state index contributed by atoms with van der Waals surface area (Å²) in [6.07, 6.45) is 1.67.